The number of anilines is 1. The van der Waals surface area contributed by atoms with Gasteiger partial charge in [0.2, 0.25) is 0 Å². The molecule has 0 saturated carbocycles. The number of halogens is 1. The number of methoxy groups -OCH3 is 1. The molecule has 0 bridgehead atoms. The van der Waals surface area contributed by atoms with E-state index in [0.717, 1.165) is 17.1 Å². The van der Waals surface area contributed by atoms with Gasteiger partial charge in [-0.25, -0.2) is 4.99 Å². The second-order valence-electron chi connectivity index (χ2n) is 4.93. The van der Waals surface area contributed by atoms with Crippen molar-refractivity contribution in [1.82, 2.24) is 5.16 Å². The highest BCUT2D eigenvalue weighted by Crippen LogP contribution is 2.17. The highest BCUT2D eigenvalue weighted by Gasteiger charge is 2.07. The summed E-state index contributed by atoms with van der Waals surface area (Å²) in [4.78, 5) is 4.23. The molecule has 6 nitrogen and oxygen atoms in total. The third kappa shape index (κ3) is 5.21. The van der Waals surface area contributed by atoms with Gasteiger partial charge in [0.15, 0.2) is 11.7 Å². The first-order valence-electron chi connectivity index (χ1n) is 6.75. The lowest BCUT2D eigenvalue weighted by atomic mass is 10.1. The van der Waals surface area contributed by atoms with Gasteiger partial charge < -0.3 is 20.3 Å². The van der Waals surface area contributed by atoms with E-state index in [1.807, 2.05) is 30.3 Å². The Kier molecular flexibility index (Phi) is 7.16. The van der Waals surface area contributed by atoms with E-state index in [4.69, 9.17) is 15.0 Å². The number of nitrogens with zero attached hydrogens (tertiary/aromatic N) is 2. The number of nitrogens with one attached hydrogen (secondary N) is 1. The number of hydrogen-bond donors (Lipinski definition) is 2. The molecule has 1 heterocycles. The van der Waals surface area contributed by atoms with E-state index in [2.05, 4.69) is 29.3 Å². The molecule has 0 spiro atoms. The van der Waals surface area contributed by atoms with E-state index in [9.17, 15) is 0 Å². The summed E-state index contributed by atoms with van der Waals surface area (Å²) in [5.74, 6) is 2.09. The molecule has 1 aromatic carbocycles. The van der Waals surface area contributed by atoms with Gasteiger partial charge in [-0.3, -0.25) is 0 Å². The monoisotopic (exact) mass is 416 g/mol. The Balaban J connectivity index is 0.00000242. The maximum Gasteiger partial charge on any atom is 0.193 e. The van der Waals surface area contributed by atoms with Crippen LogP contribution in [0.5, 0.6) is 5.75 Å². The third-order valence-corrected chi connectivity index (χ3v) is 2.92. The van der Waals surface area contributed by atoms with Crippen molar-refractivity contribution in [3.63, 3.8) is 0 Å². The van der Waals surface area contributed by atoms with Crippen LogP contribution in [0.1, 0.15) is 31.2 Å². The highest BCUT2D eigenvalue weighted by atomic mass is 127. The molecule has 2 aromatic rings. The molecule has 0 fully saturated rings. The quantitative estimate of drug-likeness (QED) is 0.444. The number of hydrogen-bond acceptors (Lipinski definition) is 4. The normalized spacial score (nSPS) is 11.2. The van der Waals surface area contributed by atoms with Gasteiger partial charge in [0.25, 0.3) is 0 Å². The minimum Gasteiger partial charge on any atom is -0.497 e. The second-order valence-corrected chi connectivity index (χ2v) is 4.93. The standard InChI is InChI=1S/C15H20N4O2.HI/c1-10(2)14-8-13(21-19-14)9-17-15(16)18-11-5-4-6-12(7-11)20-3;/h4-8,10H,9H2,1-3H3,(H3,16,17,18);1H. The Hall–Kier alpha value is -1.77. The first-order valence-corrected chi connectivity index (χ1v) is 6.75. The van der Waals surface area contributed by atoms with E-state index in [-0.39, 0.29) is 24.0 Å². The van der Waals surface area contributed by atoms with Gasteiger partial charge in [0, 0.05) is 17.8 Å². The third-order valence-electron chi connectivity index (χ3n) is 2.92. The summed E-state index contributed by atoms with van der Waals surface area (Å²) >= 11 is 0. The summed E-state index contributed by atoms with van der Waals surface area (Å²) < 4.78 is 10.3. The lowest BCUT2D eigenvalue weighted by Crippen LogP contribution is -2.22. The fraction of sp³-hybridized carbons (Fsp3) is 0.333. The van der Waals surface area contributed by atoms with Gasteiger partial charge in [-0.1, -0.05) is 25.1 Å². The van der Waals surface area contributed by atoms with Crippen LogP contribution in [0, 0.1) is 0 Å². The summed E-state index contributed by atoms with van der Waals surface area (Å²) in [7, 11) is 1.62. The van der Waals surface area contributed by atoms with E-state index in [0.29, 0.717) is 24.2 Å². The molecule has 7 heteroatoms. The van der Waals surface area contributed by atoms with E-state index < -0.39 is 0 Å². The molecule has 3 N–H and O–H groups in total. The topological polar surface area (TPSA) is 85.7 Å². The van der Waals surface area contributed by atoms with Crippen LogP contribution in [0.15, 0.2) is 39.8 Å². The minimum absolute atomic E-state index is 0. The van der Waals surface area contributed by atoms with Crippen molar-refractivity contribution in [3.8, 4) is 5.75 Å². The van der Waals surface area contributed by atoms with E-state index in [1.54, 1.807) is 7.11 Å². The average Bonchev–Trinajstić information content (AvgIpc) is 2.94. The van der Waals surface area contributed by atoms with E-state index in [1.165, 1.54) is 0 Å². The number of nitrogens with two attached hydrogens (primary N) is 1. The fourth-order valence-electron chi connectivity index (χ4n) is 1.73. The molecule has 1 aromatic heterocycles. The Morgan fingerprint density at radius 1 is 1.41 bits per heavy atom. The molecule has 0 atom stereocenters. The van der Waals surface area contributed by atoms with Crippen LogP contribution >= 0.6 is 24.0 Å². The predicted octanol–water partition coefficient (Wildman–Crippen LogP) is 3.35. The number of guanidine groups is 1. The Labute approximate surface area is 147 Å². The number of aromatic nitrogens is 1. The summed E-state index contributed by atoms with van der Waals surface area (Å²) in [6.45, 7) is 4.47. The molecule has 0 aliphatic carbocycles. The van der Waals surface area contributed by atoms with Crippen LogP contribution in [0.3, 0.4) is 0 Å². The van der Waals surface area contributed by atoms with Crippen LogP contribution in [-0.4, -0.2) is 18.2 Å². The summed E-state index contributed by atoms with van der Waals surface area (Å²) in [6.07, 6.45) is 0. The SMILES string of the molecule is COc1cccc(NC(N)=NCc2cc(C(C)C)no2)c1.I. The predicted molar refractivity (Wildman–Crippen MR) is 98.0 cm³/mol. The van der Waals surface area contributed by atoms with Crippen molar-refractivity contribution in [2.45, 2.75) is 26.3 Å². The molecule has 22 heavy (non-hydrogen) atoms. The number of rotatable bonds is 5. The molecule has 0 unspecified atom stereocenters. The van der Waals surface area contributed by atoms with Crippen molar-refractivity contribution in [2.24, 2.45) is 10.7 Å². The molecule has 0 saturated heterocycles. The van der Waals surface area contributed by atoms with Crippen molar-refractivity contribution < 1.29 is 9.26 Å². The maximum absolute atomic E-state index is 5.85. The Bertz CT molecular complexity index is 626. The largest absolute Gasteiger partial charge is 0.497 e. The summed E-state index contributed by atoms with van der Waals surface area (Å²) in [5, 5.41) is 6.98. The number of aliphatic imine (C=N–C) groups is 1. The van der Waals surface area contributed by atoms with Crippen LogP contribution in [0.25, 0.3) is 0 Å². The molecule has 0 radical (unpaired) electrons. The number of ether oxygens (including phenoxy) is 1. The Morgan fingerprint density at radius 3 is 2.82 bits per heavy atom. The molecule has 2 rings (SSSR count). The van der Waals surface area contributed by atoms with Crippen LogP contribution < -0.4 is 15.8 Å². The molecular formula is C15H21IN4O2. The van der Waals surface area contributed by atoms with Crippen molar-refractivity contribution in [1.29, 1.82) is 0 Å². The van der Waals surface area contributed by atoms with Gasteiger partial charge in [0.1, 0.15) is 12.3 Å². The molecular weight excluding hydrogens is 395 g/mol. The second kappa shape index (κ2) is 8.62. The first-order chi connectivity index (χ1) is 10.1. The fourth-order valence-corrected chi connectivity index (χ4v) is 1.73. The van der Waals surface area contributed by atoms with Gasteiger partial charge in [-0.05, 0) is 18.1 Å². The zero-order valence-corrected chi connectivity index (χ0v) is 15.2. The Morgan fingerprint density at radius 2 is 2.18 bits per heavy atom. The smallest absolute Gasteiger partial charge is 0.193 e. The lowest BCUT2D eigenvalue weighted by Gasteiger charge is -2.06. The van der Waals surface area contributed by atoms with Gasteiger partial charge in [0.05, 0.1) is 12.8 Å². The molecule has 120 valence electrons. The number of benzene rings is 1. The summed E-state index contributed by atoms with van der Waals surface area (Å²) in [6, 6.07) is 9.36. The van der Waals surface area contributed by atoms with Gasteiger partial charge in [-0.2, -0.15) is 0 Å². The minimum atomic E-state index is 0. The zero-order valence-electron chi connectivity index (χ0n) is 12.9. The molecule has 0 aliphatic heterocycles. The zero-order chi connectivity index (χ0) is 15.2. The maximum atomic E-state index is 5.85. The molecule has 0 amide bonds. The van der Waals surface area contributed by atoms with Crippen LogP contribution in [-0.2, 0) is 6.54 Å². The average molecular weight is 416 g/mol. The first kappa shape index (κ1) is 18.3. The van der Waals surface area contributed by atoms with Gasteiger partial charge >= 0.3 is 0 Å². The van der Waals surface area contributed by atoms with Crippen molar-refractivity contribution >= 4 is 35.6 Å². The van der Waals surface area contributed by atoms with Crippen LogP contribution in [0.2, 0.25) is 0 Å². The lowest BCUT2D eigenvalue weighted by molar-refractivity contribution is 0.376. The van der Waals surface area contributed by atoms with Crippen molar-refractivity contribution in [2.75, 3.05) is 12.4 Å². The van der Waals surface area contributed by atoms with E-state index >= 15 is 0 Å². The summed E-state index contributed by atoms with van der Waals surface area (Å²) in [5.41, 5.74) is 7.58. The van der Waals surface area contributed by atoms with Crippen LogP contribution in [0.4, 0.5) is 5.69 Å². The van der Waals surface area contributed by atoms with Gasteiger partial charge in [-0.15, -0.1) is 24.0 Å². The van der Waals surface area contributed by atoms with Crippen molar-refractivity contribution in [3.05, 3.63) is 41.8 Å². The molecule has 0 aliphatic rings. The highest BCUT2D eigenvalue weighted by molar-refractivity contribution is 14.0.